The van der Waals surface area contributed by atoms with E-state index in [9.17, 15) is 4.79 Å². The molecule has 124 valence electrons. The van der Waals surface area contributed by atoms with Gasteiger partial charge in [-0.1, -0.05) is 64.7 Å². The second kappa shape index (κ2) is 12.3. The van der Waals surface area contributed by atoms with Gasteiger partial charge in [0.1, 0.15) is 5.75 Å². The highest BCUT2D eigenvalue weighted by atomic mass is 16.5. The van der Waals surface area contributed by atoms with E-state index >= 15 is 0 Å². The van der Waals surface area contributed by atoms with Crippen molar-refractivity contribution in [2.45, 2.75) is 78.1 Å². The van der Waals surface area contributed by atoms with Gasteiger partial charge in [0.2, 0.25) is 0 Å². The fourth-order valence-electron chi connectivity index (χ4n) is 2.57. The first kappa shape index (κ1) is 18.7. The summed E-state index contributed by atoms with van der Waals surface area (Å²) in [6.45, 7) is 4.62. The molecule has 22 heavy (non-hydrogen) atoms. The minimum atomic E-state index is 0.0984. The van der Waals surface area contributed by atoms with Gasteiger partial charge >= 0.3 is 0 Å². The van der Waals surface area contributed by atoms with Gasteiger partial charge in [-0.3, -0.25) is 4.79 Å². The summed E-state index contributed by atoms with van der Waals surface area (Å²) in [4.78, 5) is 11.2. The number of carbonyl (C=O) groups excluding carboxylic acids is 1. The number of Topliss-reactive ketones (excluding diaryl/α,β-unsaturated/α-hetero) is 1. The van der Waals surface area contributed by atoms with Crippen LogP contribution >= 0.6 is 0 Å². The molecule has 0 aliphatic carbocycles. The second-order valence-electron chi connectivity index (χ2n) is 6.11. The van der Waals surface area contributed by atoms with Crippen molar-refractivity contribution < 1.29 is 9.53 Å². The van der Waals surface area contributed by atoms with Crippen LogP contribution < -0.4 is 4.74 Å². The van der Waals surface area contributed by atoms with E-state index in [1.807, 2.05) is 24.3 Å². The molecule has 0 atom stereocenters. The third-order valence-corrected chi connectivity index (χ3v) is 4.03. The normalized spacial score (nSPS) is 10.6. The van der Waals surface area contributed by atoms with Gasteiger partial charge in [0, 0.05) is 5.56 Å². The minimum absolute atomic E-state index is 0.0984. The van der Waals surface area contributed by atoms with Gasteiger partial charge in [0.05, 0.1) is 6.61 Å². The van der Waals surface area contributed by atoms with Gasteiger partial charge in [-0.05, 0) is 37.6 Å². The van der Waals surface area contributed by atoms with Gasteiger partial charge in [0.25, 0.3) is 0 Å². The van der Waals surface area contributed by atoms with Crippen molar-refractivity contribution in [1.82, 2.24) is 0 Å². The van der Waals surface area contributed by atoms with Crippen LogP contribution in [0.3, 0.4) is 0 Å². The molecule has 1 rings (SSSR count). The smallest absolute Gasteiger partial charge is 0.159 e. The summed E-state index contributed by atoms with van der Waals surface area (Å²) in [7, 11) is 0. The van der Waals surface area contributed by atoms with Crippen LogP contribution in [0.4, 0.5) is 0 Å². The lowest BCUT2D eigenvalue weighted by molar-refractivity contribution is 0.101. The van der Waals surface area contributed by atoms with Crippen LogP contribution in [0.1, 0.15) is 88.4 Å². The number of rotatable bonds is 13. The molecule has 0 bridgehead atoms. The molecule has 1 aromatic carbocycles. The minimum Gasteiger partial charge on any atom is -0.494 e. The van der Waals surface area contributed by atoms with Crippen LogP contribution in [0.2, 0.25) is 0 Å². The maximum Gasteiger partial charge on any atom is 0.159 e. The molecule has 0 spiro atoms. The highest BCUT2D eigenvalue weighted by Gasteiger charge is 1.99. The Balaban J connectivity index is 1.94. The molecule has 0 saturated carbocycles. The van der Waals surface area contributed by atoms with Gasteiger partial charge in [-0.2, -0.15) is 0 Å². The summed E-state index contributed by atoms with van der Waals surface area (Å²) in [5, 5.41) is 0. The number of unbranched alkanes of at least 4 members (excludes halogenated alkanes) is 9. The van der Waals surface area contributed by atoms with E-state index in [2.05, 4.69) is 6.92 Å². The van der Waals surface area contributed by atoms with Crippen molar-refractivity contribution in [2.24, 2.45) is 0 Å². The van der Waals surface area contributed by atoms with E-state index in [0.29, 0.717) is 0 Å². The Bertz CT molecular complexity index is 395. The fourth-order valence-corrected chi connectivity index (χ4v) is 2.57. The molecule has 0 heterocycles. The lowest BCUT2D eigenvalue weighted by Gasteiger charge is -2.06. The summed E-state index contributed by atoms with van der Waals surface area (Å²) in [6.07, 6.45) is 13.4. The van der Waals surface area contributed by atoms with Crippen LogP contribution in [-0.4, -0.2) is 12.4 Å². The van der Waals surface area contributed by atoms with Crippen molar-refractivity contribution in [3.8, 4) is 5.75 Å². The SMILES string of the molecule is CCCCCCCCCCCCOc1ccc(C(C)=O)cc1. The first-order valence-electron chi connectivity index (χ1n) is 8.98. The molecule has 0 saturated heterocycles. The third kappa shape index (κ3) is 8.86. The van der Waals surface area contributed by atoms with Crippen LogP contribution in [-0.2, 0) is 0 Å². The highest BCUT2D eigenvalue weighted by Crippen LogP contribution is 2.14. The Kier molecular flexibility index (Phi) is 10.4. The second-order valence-corrected chi connectivity index (χ2v) is 6.11. The molecule has 0 radical (unpaired) electrons. The van der Waals surface area contributed by atoms with Crippen LogP contribution in [0, 0.1) is 0 Å². The van der Waals surface area contributed by atoms with Crippen molar-refractivity contribution in [3.63, 3.8) is 0 Å². The number of carbonyl (C=O) groups is 1. The third-order valence-electron chi connectivity index (χ3n) is 4.03. The first-order chi connectivity index (χ1) is 10.7. The molecule has 0 aromatic heterocycles. The zero-order valence-corrected chi connectivity index (χ0v) is 14.4. The molecule has 0 N–H and O–H groups in total. The van der Waals surface area contributed by atoms with E-state index < -0.39 is 0 Å². The first-order valence-corrected chi connectivity index (χ1v) is 8.98. The topological polar surface area (TPSA) is 26.3 Å². The largest absolute Gasteiger partial charge is 0.494 e. The summed E-state index contributed by atoms with van der Waals surface area (Å²) in [6, 6.07) is 7.42. The number of ketones is 1. The number of ether oxygens (including phenoxy) is 1. The summed E-state index contributed by atoms with van der Waals surface area (Å²) >= 11 is 0. The average molecular weight is 304 g/mol. The maximum absolute atomic E-state index is 11.2. The fraction of sp³-hybridized carbons (Fsp3) is 0.650. The molecule has 2 heteroatoms. The quantitative estimate of drug-likeness (QED) is 0.321. The summed E-state index contributed by atoms with van der Waals surface area (Å²) in [5.41, 5.74) is 0.742. The molecule has 0 aliphatic rings. The Morgan fingerprint density at radius 3 is 1.82 bits per heavy atom. The Morgan fingerprint density at radius 2 is 1.32 bits per heavy atom. The zero-order valence-electron chi connectivity index (χ0n) is 14.4. The highest BCUT2D eigenvalue weighted by molar-refractivity contribution is 5.94. The molecule has 0 amide bonds. The van der Waals surface area contributed by atoms with Gasteiger partial charge in [0.15, 0.2) is 5.78 Å². The van der Waals surface area contributed by atoms with E-state index in [0.717, 1.165) is 24.3 Å². The van der Waals surface area contributed by atoms with Crippen molar-refractivity contribution in [3.05, 3.63) is 29.8 Å². The predicted octanol–water partition coefficient (Wildman–Crippen LogP) is 6.19. The molecule has 0 aliphatic heterocycles. The van der Waals surface area contributed by atoms with Crippen molar-refractivity contribution >= 4 is 5.78 Å². The van der Waals surface area contributed by atoms with Crippen LogP contribution in [0.15, 0.2) is 24.3 Å². The lowest BCUT2D eigenvalue weighted by atomic mass is 10.1. The number of hydrogen-bond acceptors (Lipinski definition) is 2. The van der Waals surface area contributed by atoms with Gasteiger partial charge < -0.3 is 4.74 Å². The molecular weight excluding hydrogens is 272 g/mol. The van der Waals surface area contributed by atoms with E-state index in [4.69, 9.17) is 4.74 Å². The van der Waals surface area contributed by atoms with Crippen molar-refractivity contribution in [1.29, 1.82) is 0 Å². The predicted molar refractivity (Wildman–Crippen MR) is 93.8 cm³/mol. The number of hydrogen-bond donors (Lipinski definition) is 0. The van der Waals surface area contributed by atoms with E-state index in [1.54, 1.807) is 6.92 Å². The van der Waals surface area contributed by atoms with Gasteiger partial charge in [-0.25, -0.2) is 0 Å². The molecule has 0 unspecified atom stereocenters. The molecule has 2 nitrogen and oxygen atoms in total. The van der Waals surface area contributed by atoms with E-state index in [-0.39, 0.29) is 5.78 Å². The van der Waals surface area contributed by atoms with Crippen molar-refractivity contribution in [2.75, 3.05) is 6.61 Å². The van der Waals surface area contributed by atoms with Gasteiger partial charge in [-0.15, -0.1) is 0 Å². The molecule has 0 fully saturated rings. The molecular formula is C20H32O2. The Labute approximate surface area is 136 Å². The maximum atomic E-state index is 11.2. The Morgan fingerprint density at radius 1 is 0.818 bits per heavy atom. The zero-order chi connectivity index (χ0) is 16.0. The van der Waals surface area contributed by atoms with E-state index in [1.165, 1.54) is 57.8 Å². The monoisotopic (exact) mass is 304 g/mol. The summed E-state index contributed by atoms with van der Waals surface area (Å²) in [5.74, 6) is 0.960. The number of benzene rings is 1. The Hall–Kier alpha value is -1.31. The average Bonchev–Trinajstić information content (AvgIpc) is 2.53. The molecule has 1 aromatic rings. The lowest BCUT2D eigenvalue weighted by Crippen LogP contribution is -1.98. The summed E-state index contributed by atoms with van der Waals surface area (Å²) < 4.78 is 5.70. The van der Waals surface area contributed by atoms with Crippen LogP contribution in [0.5, 0.6) is 5.75 Å². The van der Waals surface area contributed by atoms with Crippen LogP contribution in [0.25, 0.3) is 0 Å². The standard InChI is InChI=1S/C20H32O2/c1-3-4-5-6-7-8-9-10-11-12-17-22-20-15-13-19(14-16-20)18(2)21/h13-16H,3-12,17H2,1-2H3.